The van der Waals surface area contributed by atoms with Crippen LogP contribution in [0.4, 0.5) is 18.3 Å². The first-order chi connectivity index (χ1) is 20.0. The van der Waals surface area contributed by atoms with Crippen molar-refractivity contribution in [3.8, 4) is 34.2 Å². The Kier molecular flexibility index (Phi) is 8.23. The van der Waals surface area contributed by atoms with Gasteiger partial charge in [0.25, 0.3) is 0 Å². The number of anilines is 1. The molecule has 42 heavy (non-hydrogen) atoms. The van der Waals surface area contributed by atoms with Gasteiger partial charge in [-0.15, -0.1) is 11.3 Å². The predicted molar refractivity (Wildman–Crippen MR) is 156 cm³/mol. The maximum atomic E-state index is 14.1. The molecule has 0 atom stereocenters. The highest BCUT2D eigenvalue weighted by atomic mass is 32.1. The van der Waals surface area contributed by atoms with Crippen LogP contribution in [0.25, 0.3) is 22.4 Å². The number of hydrogen-bond acceptors (Lipinski definition) is 6. The van der Waals surface area contributed by atoms with E-state index in [1.807, 2.05) is 49.1 Å². The third-order valence-electron chi connectivity index (χ3n) is 7.58. The van der Waals surface area contributed by atoms with Gasteiger partial charge >= 0.3 is 12.1 Å². The molecule has 5 rings (SSSR count). The predicted octanol–water partition coefficient (Wildman–Crippen LogP) is 7.86. The lowest BCUT2D eigenvalue weighted by Gasteiger charge is -2.29. The number of piperidine rings is 1. The van der Waals surface area contributed by atoms with Crippen LogP contribution < -0.4 is 9.64 Å². The summed E-state index contributed by atoms with van der Waals surface area (Å²) in [5.74, 6) is -1.48. The molecule has 1 N–H and O–H groups in total. The highest BCUT2D eigenvalue weighted by Gasteiger charge is 2.36. The molecule has 216 valence electrons. The SMILES string of the molecule is Cc1cc(-c2ccc(C#N)cc2C)ccc1COc1c(-c2csc(N3CCC(C(=O)O)CC3)n2)cccc1C(F)(F)F. The van der Waals surface area contributed by atoms with Gasteiger partial charge in [0.2, 0.25) is 0 Å². The van der Waals surface area contributed by atoms with E-state index < -0.39 is 23.6 Å². The van der Waals surface area contributed by atoms with Gasteiger partial charge in [0.15, 0.2) is 5.13 Å². The van der Waals surface area contributed by atoms with Gasteiger partial charge in [-0.3, -0.25) is 4.79 Å². The van der Waals surface area contributed by atoms with Gasteiger partial charge in [-0.05, 0) is 78.8 Å². The van der Waals surface area contributed by atoms with Gasteiger partial charge in [-0.25, -0.2) is 4.98 Å². The van der Waals surface area contributed by atoms with E-state index in [0.29, 0.717) is 42.3 Å². The summed E-state index contributed by atoms with van der Waals surface area (Å²) in [6.07, 6.45) is -3.65. The summed E-state index contributed by atoms with van der Waals surface area (Å²) < 4.78 is 48.3. The largest absolute Gasteiger partial charge is 0.488 e. The quantitative estimate of drug-likeness (QED) is 0.235. The molecule has 0 spiro atoms. The molecule has 10 heteroatoms. The Labute approximate surface area is 245 Å². The fraction of sp³-hybridized carbons (Fsp3) is 0.281. The summed E-state index contributed by atoms with van der Waals surface area (Å²) in [6.45, 7) is 4.79. The van der Waals surface area contributed by atoms with E-state index >= 15 is 0 Å². The Hall–Kier alpha value is -4.36. The standard InChI is InChI=1S/C32H28F3N3O3S/c1-19-15-23(25-9-6-21(16-36)14-20(25)2)7-8-24(19)17-41-29-26(4-3-5-27(29)32(33,34)35)28-18-42-31(37-28)38-12-10-22(11-13-38)30(39)40/h3-9,14-15,18,22H,10-13,17H2,1-2H3,(H,39,40). The number of ether oxygens (including phenoxy) is 1. The van der Waals surface area contributed by atoms with Gasteiger partial charge in [0.05, 0.1) is 28.8 Å². The monoisotopic (exact) mass is 591 g/mol. The second-order valence-corrected chi connectivity index (χ2v) is 11.2. The summed E-state index contributed by atoms with van der Waals surface area (Å²) in [6, 6.07) is 17.2. The Morgan fingerprint density at radius 2 is 1.86 bits per heavy atom. The number of carboxylic acid groups (broad SMARTS) is 1. The second kappa shape index (κ2) is 11.9. The molecule has 2 heterocycles. The Bertz CT molecular complexity index is 1670. The number of carboxylic acids is 1. The summed E-state index contributed by atoms with van der Waals surface area (Å²) >= 11 is 1.32. The molecule has 1 aromatic heterocycles. The number of halogens is 3. The van der Waals surface area contributed by atoms with Crippen molar-refractivity contribution in [1.29, 1.82) is 5.26 Å². The minimum atomic E-state index is -4.63. The maximum Gasteiger partial charge on any atom is 0.419 e. The van der Waals surface area contributed by atoms with Crippen LogP contribution in [0.15, 0.2) is 60.0 Å². The smallest absolute Gasteiger partial charge is 0.419 e. The van der Waals surface area contributed by atoms with Crippen molar-refractivity contribution in [2.75, 3.05) is 18.0 Å². The minimum Gasteiger partial charge on any atom is -0.488 e. The molecule has 1 aliphatic rings. The number of para-hydroxylation sites is 1. The molecule has 4 aromatic rings. The van der Waals surface area contributed by atoms with Gasteiger partial charge in [0.1, 0.15) is 12.4 Å². The van der Waals surface area contributed by atoms with Crippen molar-refractivity contribution in [3.63, 3.8) is 0 Å². The van der Waals surface area contributed by atoms with E-state index in [1.165, 1.54) is 17.4 Å². The number of aryl methyl sites for hydroxylation is 2. The zero-order chi connectivity index (χ0) is 30.0. The van der Waals surface area contributed by atoms with Crippen molar-refractivity contribution >= 4 is 22.4 Å². The molecule has 0 amide bonds. The van der Waals surface area contributed by atoms with Crippen LogP contribution in [0.5, 0.6) is 5.75 Å². The number of aromatic nitrogens is 1. The number of aliphatic carboxylic acids is 1. The Balaban J connectivity index is 1.40. The molecule has 1 saturated heterocycles. The zero-order valence-corrected chi connectivity index (χ0v) is 23.9. The molecule has 1 aliphatic heterocycles. The van der Waals surface area contributed by atoms with Crippen molar-refractivity contribution in [2.45, 2.75) is 39.5 Å². The highest BCUT2D eigenvalue weighted by Crippen LogP contribution is 2.43. The van der Waals surface area contributed by atoms with E-state index in [0.717, 1.165) is 33.9 Å². The lowest BCUT2D eigenvalue weighted by molar-refractivity contribution is -0.142. The number of thiazole rings is 1. The summed E-state index contributed by atoms with van der Waals surface area (Å²) in [5, 5.41) is 20.8. The summed E-state index contributed by atoms with van der Waals surface area (Å²) in [5.41, 5.74) is 4.80. The van der Waals surface area contributed by atoms with Crippen LogP contribution in [-0.2, 0) is 17.6 Å². The van der Waals surface area contributed by atoms with E-state index in [4.69, 9.17) is 10.00 Å². The Morgan fingerprint density at radius 1 is 1.10 bits per heavy atom. The molecular formula is C32H28F3N3O3S. The molecular weight excluding hydrogens is 563 g/mol. The summed E-state index contributed by atoms with van der Waals surface area (Å²) in [4.78, 5) is 17.9. The van der Waals surface area contributed by atoms with Gasteiger partial charge in [0, 0.05) is 24.0 Å². The van der Waals surface area contributed by atoms with E-state index in [2.05, 4.69) is 11.1 Å². The van der Waals surface area contributed by atoms with Crippen LogP contribution in [0, 0.1) is 31.1 Å². The van der Waals surface area contributed by atoms with E-state index in [-0.39, 0.29) is 17.9 Å². The summed E-state index contributed by atoms with van der Waals surface area (Å²) in [7, 11) is 0. The molecule has 0 unspecified atom stereocenters. The molecule has 0 bridgehead atoms. The van der Waals surface area contributed by atoms with Gasteiger partial charge < -0.3 is 14.7 Å². The first kappa shape index (κ1) is 29.1. The van der Waals surface area contributed by atoms with E-state index in [9.17, 15) is 23.1 Å². The fourth-order valence-corrected chi connectivity index (χ4v) is 6.08. The van der Waals surface area contributed by atoms with Crippen LogP contribution in [0.2, 0.25) is 0 Å². The topological polar surface area (TPSA) is 86.5 Å². The molecule has 0 saturated carbocycles. The third kappa shape index (κ3) is 6.11. The van der Waals surface area contributed by atoms with Crippen molar-refractivity contribution < 1.29 is 27.8 Å². The lowest BCUT2D eigenvalue weighted by Crippen LogP contribution is -2.36. The number of carbonyl (C=O) groups is 1. The number of alkyl halides is 3. The zero-order valence-electron chi connectivity index (χ0n) is 23.0. The molecule has 3 aromatic carbocycles. The number of nitriles is 1. The average Bonchev–Trinajstić information content (AvgIpc) is 3.46. The van der Waals surface area contributed by atoms with Crippen LogP contribution >= 0.6 is 11.3 Å². The van der Waals surface area contributed by atoms with Crippen LogP contribution in [0.3, 0.4) is 0 Å². The lowest BCUT2D eigenvalue weighted by atomic mass is 9.96. The Morgan fingerprint density at radius 3 is 2.50 bits per heavy atom. The average molecular weight is 592 g/mol. The molecule has 0 radical (unpaired) electrons. The minimum absolute atomic E-state index is 0.0712. The van der Waals surface area contributed by atoms with Crippen molar-refractivity contribution in [2.24, 2.45) is 5.92 Å². The van der Waals surface area contributed by atoms with Crippen molar-refractivity contribution in [1.82, 2.24) is 4.98 Å². The molecule has 0 aliphatic carbocycles. The fourth-order valence-electron chi connectivity index (χ4n) is 5.20. The molecule has 1 fully saturated rings. The van der Waals surface area contributed by atoms with Crippen molar-refractivity contribution in [3.05, 3.63) is 87.8 Å². The first-order valence-corrected chi connectivity index (χ1v) is 14.3. The number of rotatable bonds is 7. The second-order valence-electron chi connectivity index (χ2n) is 10.4. The van der Waals surface area contributed by atoms with Gasteiger partial charge in [-0.2, -0.15) is 18.4 Å². The van der Waals surface area contributed by atoms with Crippen LogP contribution in [-0.4, -0.2) is 29.1 Å². The van der Waals surface area contributed by atoms with Gasteiger partial charge in [-0.1, -0.05) is 30.3 Å². The third-order valence-corrected chi connectivity index (χ3v) is 8.49. The molecule has 6 nitrogen and oxygen atoms in total. The first-order valence-electron chi connectivity index (χ1n) is 13.4. The maximum absolute atomic E-state index is 14.1. The van der Waals surface area contributed by atoms with E-state index in [1.54, 1.807) is 17.5 Å². The number of hydrogen-bond donors (Lipinski definition) is 1. The van der Waals surface area contributed by atoms with Crippen LogP contribution in [0.1, 0.15) is 40.7 Å². The number of benzene rings is 3. The number of nitrogens with zero attached hydrogens (tertiary/aromatic N) is 3. The normalized spacial score (nSPS) is 14.0. The highest BCUT2D eigenvalue weighted by molar-refractivity contribution is 7.14.